The van der Waals surface area contributed by atoms with Crippen LogP contribution in [0.25, 0.3) is 0 Å². The lowest BCUT2D eigenvalue weighted by molar-refractivity contribution is -0.164. The van der Waals surface area contributed by atoms with Gasteiger partial charge in [-0.1, -0.05) is 44.2 Å². The van der Waals surface area contributed by atoms with Crippen LogP contribution in [0.15, 0.2) is 30.3 Å². The molecule has 154 valence electrons. The monoisotopic (exact) mass is 390 g/mol. The molecule has 2 rings (SSSR count). The van der Waals surface area contributed by atoms with Crippen LogP contribution in [0.2, 0.25) is 0 Å². The normalized spacial score (nSPS) is 19.9. The molecule has 1 heterocycles. The summed E-state index contributed by atoms with van der Waals surface area (Å²) in [5, 5.41) is 5.70. The number of hydrogen-bond acceptors (Lipinski definition) is 5. The average Bonchev–Trinajstić information content (AvgIpc) is 2.99. The molecule has 1 aliphatic rings. The summed E-state index contributed by atoms with van der Waals surface area (Å²) in [6, 6.07) is 9.37. The molecule has 28 heavy (non-hydrogen) atoms. The fourth-order valence-electron chi connectivity index (χ4n) is 3.15. The number of amides is 2. The Morgan fingerprint density at radius 3 is 2.61 bits per heavy atom. The molecule has 1 aliphatic heterocycles. The number of carbonyl (C=O) groups excluding carboxylic acids is 3. The Kier molecular flexibility index (Phi) is 8.44. The number of benzene rings is 1. The first-order valence-electron chi connectivity index (χ1n) is 9.82. The number of rotatable bonds is 10. The second-order valence-corrected chi connectivity index (χ2v) is 7.27. The third kappa shape index (κ3) is 6.64. The highest BCUT2D eigenvalue weighted by Crippen LogP contribution is 2.20. The van der Waals surface area contributed by atoms with E-state index in [4.69, 9.17) is 9.47 Å². The van der Waals surface area contributed by atoms with Crippen LogP contribution in [0, 0.1) is 11.8 Å². The Morgan fingerprint density at radius 2 is 1.96 bits per heavy atom. The maximum atomic E-state index is 12.7. The standard InChI is InChI=1S/C21H30N2O5/c1-4-27-21-17(13-19(25)28-21)23-20(26)16(14(2)3)12-18(24)22-11-10-15-8-6-5-7-9-15/h5-9,14,16-17,21H,4,10-13H2,1-3H3,(H,22,24)(H,23,26). The van der Waals surface area contributed by atoms with Gasteiger partial charge in [0.1, 0.15) is 6.04 Å². The summed E-state index contributed by atoms with van der Waals surface area (Å²) in [5.74, 6) is -1.34. The minimum absolute atomic E-state index is 0.0246. The van der Waals surface area contributed by atoms with Crippen LogP contribution < -0.4 is 10.6 Å². The molecule has 1 aromatic carbocycles. The fraction of sp³-hybridized carbons (Fsp3) is 0.571. The van der Waals surface area contributed by atoms with Gasteiger partial charge in [0.05, 0.1) is 6.42 Å². The quantitative estimate of drug-likeness (QED) is 0.594. The topological polar surface area (TPSA) is 93.7 Å². The lowest BCUT2D eigenvalue weighted by Gasteiger charge is -2.24. The van der Waals surface area contributed by atoms with Crippen molar-refractivity contribution in [2.45, 2.75) is 52.4 Å². The van der Waals surface area contributed by atoms with E-state index in [1.54, 1.807) is 6.92 Å². The van der Waals surface area contributed by atoms with Gasteiger partial charge in [0.2, 0.25) is 18.1 Å². The maximum absolute atomic E-state index is 12.7. The molecule has 0 spiro atoms. The van der Waals surface area contributed by atoms with E-state index in [9.17, 15) is 14.4 Å². The van der Waals surface area contributed by atoms with Gasteiger partial charge in [0.25, 0.3) is 0 Å². The smallest absolute Gasteiger partial charge is 0.310 e. The first kappa shape index (κ1) is 21.9. The van der Waals surface area contributed by atoms with Crippen molar-refractivity contribution in [3.8, 4) is 0 Å². The van der Waals surface area contributed by atoms with E-state index in [1.807, 2.05) is 44.2 Å². The summed E-state index contributed by atoms with van der Waals surface area (Å²) in [6.45, 7) is 6.49. The summed E-state index contributed by atoms with van der Waals surface area (Å²) in [4.78, 5) is 36.5. The van der Waals surface area contributed by atoms with Crippen molar-refractivity contribution < 1.29 is 23.9 Å². The third-order valence-corrected chi connectivity index (χ3v) is 4.75. The predicted octanol–water partition coefficient (Wildman–Crippen LogP) is 1.80. The first-order valence-corrected chi connectivity index (χ1v) is 9.82. The number of hydrogen-bond donors (Lipinski definition) is 2. The van der Waals surface area contributed by atoms with Crippen molar-refractivity contribution in [1.82, 2.24) is 10.6 Å². The highest BCUT2D eigenvalue weighted by atomic mass is 16.7. The van der Waals surface area contributed by atoms with E-state index >= 15 is 0 Å². The minimum Gasteiger partial charge on any atom is -0.433 e. The highest BCUT2D eigenvalue weighted by Gasteiger charge is 2.38. The number of nitrogens with one attached hydrogen (secondary N) is 2. The summed E-state index contributed by atoms with van der Waals surface area (Å²) in [6.07, 6.45) is 0.140. The van der Waals surface area contributed by atoms with Crippen LogP contribution in [0.4, 0.5) is 0 Å². The number of carbonyl (C=O) groups is 3. The Hall–Kier alpha value is -2.41. The Bertz CT molecular complexity index is 662. The van der Waals surface area contributed by atoms with Crippen molar-refractivity contribution in [3.05, 3.63) is 35.9 Å². The van der Waals surface area contributed by atoms with E-state index in [-0.39, 0.29) is 30.6 Å². The van der Waals surface area contributed by atoms with Crippen LogP contribution in [0.5, 0.6) is 0 Å². The number of ether oxygens (including phenoxy) is 2. The van der Waals surface area contributed by atoms with Gasteiger partial charge in [-0.05, 0) is 24.8 Å². The second kappa shape index (κ2) is 10.8. The minimum atomic E-state index is -0.769. The van der Waals surface area contributed by atoms with Gasteiger partial charge in [0, 0.05) is 25.5 Å². The van der Waals surface area contributed by atoms with Crippen LogP contribution >= 0.6 is 0 Å². The first-order chi connectivity index (χ1) is 13.4. The molecule has 2 amide bonds. The molecular formula is C21H30N2O5. The van der Waals surface area contributed by atoms with Crippen molar-refractivity contribution in [3.63, 3.8) is 0 Å². The lowest BCUT2D eigenvalue weighted by Crippen LogP contribution is -2.46. The molecule has 1 fully saturated rings. The van der Waals surface area contributed by atoms with Gasteiger partial charge in [-0.15, -0.1) is 0 Å². The molecular weight excluding hydrogens is 360 g/mol. The number of cyclic esters (lactones) is 1. The molecule has 2 N–H and O–H groups in total. The van der Waals surface area contributed by atoms with Crippen molar-refractivity contribution in [2.24, 2.45) is 11.8 Å². The van der Waals surface area contributed by atoms with Crippen molar-refractivity contribution >= 4 is 17.8 Å². The summed E-state index contributed by atoms with van der Waals surface area (Å²) < 4.78 is 10.4. The zero-order chi connectivity index (χ0) is 20.5. The predicted molar refractivity (Wildman–Crippen MR) is 104 cm³/mol. The highest BCUT2D eigenvalue weighted by molar-refractivity contribution is 5.86. The molecule has 7 nitrogen and oxygen atoms in total. The second-order valence-electron chi connectivity index (χ2n) is 7.27. The Morgan fingerprint density at radius 1 is 1.25 bits per heavy atom. The van der Waals surface area contributed by atoms with Gasteiger partial charge in [-0.3, -0.25) is 14.4 Å². The molecule has 0 radical (unpaired) electrons. The summed E-state index contributed by atoms with van der Waals surface area (Å²) in [5.41, 5.74) is 1.15. The van der Waals surface area contributed by atoms with Crippen LogP contribution in [-0.2, 0) is 30.3 Å². The fourth-order valence-corrected chi connectivity index (χ4v) is 3.15. The summed E-state index contributed by atoms with van der Waals surface area (Å²) >= 11 is 0. The van der Waals surface area contributed by atoms with Gasteiger partial charge >= 0.3 is 5.97 Å². The Balaban J connectivity index is 1.84. The molecule has 7 heteroatoms. The van der Waals surface area contributed by atoms with E-state index < -0.39 is 24.2 Å². The molecule has 0 saturated carbocycles. The third-order valence-electron chi connectivity index (χ3n) is 4.75. The zero-order valence-corrected chi connectivity index (χ0v) is 16.8. The SMILES string of the molecule is CCOC1OC(=O)CC1NC(=O)C(CC(=O)NCCc1ccccc1)C(C)C. The molecule has 1 saturated heterocycles. The molecule has 0 aromatic heterocycles. The molecule has 3 atom stereocenters. The van der Waals surface area contributed by atoms with E-state index in [2.05, 4.69) is 10.6 Å². The van der Waals surface area contributed by atoms with Gasteiger partial charge in [0.15, 0.2) is 0 Å². The molecule has 0 bridgehead atoms. The summed E-state index contributed by atoms with van der Waals surface area (Å²) in [7, 11) is 0. The van der Waals surface area contributed by atoms with Crippen molar-refractivity contribution in [2.75, 3.05) is 13.2 Å². The average molecular weight is 390 g/mol. The maximum Gasteiger partial charge on any atom is 0.310 e. The van der Waals surface area contributed by atoms with Gasteiger partial charge in [-0.2, -0.15) is 0 Å². The van der Waals surface area contributed by atoms with E-state index in [1.165, 1.54) is 0 Å². The number of esters is 1. The molecule has 1 aromatic rings. The lowest BCUT2D eigenvalue weighted by atomic mass is 9.91. The largest absolute Gasteiger partial charge is 0.433 e. The van der Waals surface area contributed by atoms with Gasteiger partial charge < -0.3 is 20.1 Å². The van der Waals surface area contributed by atoms with E-state index in [0.29, 0.717) is 13.2 Å². The van der Waals surface area contributed by atoms with Crippen LogP contribution in [0.3, 0.4) is 0 Å². The zero-order valence-electron chi connectivity index (χ0n) is 16.8. The van der Waals surface area contributed by atoms with Crippen LogP contribution in [0.1, 0.15) is 39.2 Å². The van der Waals surface area contributed by atoms with Crippen molar-refractivity contribution in [1.29, 1.82) is 0 Å². The van der Waals surface area contributed by atoms with Crippen LogP contribution in [-0.4, -0.2) is 43.3 Å². The Labute approximate surface area is 166 Å². The molecule has 0 aliphatic carbocycles. The van der Waals surface area contributed by atoms with Gasteiger partial charge in [-0.25, -0.2) is 0 Å². The van der Waals surface area contributed by atoms with E-state index in [0.717, 1.165) is 12.0 Å². The molecule has 3 unspecified atom stereocenters.